The highest BCUT2D eigenvalue weighted by molar-refractivity contribution is 4.74. The van der Waals surface area contributed by atoms with Gasteiger partial charge in [-0.1, -0.05) is 13.8 Å². The van der Waals surface area contributed by atoms with Gasteiger partial charge in [-0.15, -0.1) is 0 Å². The molecule has 0 aromatic carbocycles. The zero-order valence-corrected chi connectivity index (χ0v) is 12.0. The van der Waals surface area contributed by atoms with Gasteiger partial charge in [-0.05, 0) is 45.2 Å². The van der Waals surface area contributed by atoms with Crippen molar-refractivity contribution in [2.45, 2.75) is 46.1 Å². The van der Waals surface area contributed by atoms with Gasteiger partial charge in [0.25, 0.3) is 0 Å². The molecule has 3 heteroatoms. The first-order chi connectivity index (χ1) is 8.20. The molecule has 0 radical (unpaired) electrons. The predicted molar refractivity (Wildman–Crippen MR) is 75.5 cm³/mol. The molecule has 1 aliphatic rings. The third kappa shape index (κ3) is 7.02. The molecule has 0 spiro atoms. The summed E-state index contributed by atoms with van der Waals surface area (Å²) in [5.74, 6) is 0.844. The topological polar surface area (TPSA) is 27.3 Å². The molecule has 3 nitrogen and oxygen atoms in total. The molecular formula is C14H31N3. The van der Waals surface area contributed by atoms with Gasteiger partial charge in [-0.3, -0.25) is 4.90 Å². The van der Waals surface area contributed by atoms with Gasteiger partial charge in [0.05, 0.1) is 0 Å². The van der Waals surface area contributed by atoms with Crippen LogP contribution in [0, 0.1) is 5.92 Å². The highest BCUT2D eigenvalue weighted by atomic mass is 15.2. The molecule has 2 N–H and O–H groups in total. The summed E-state index contributed by atoms with van der Waals surface area (Å²) in [6.07, 6.45) is 3.95. The van der Waals surface area contributed by atoms with E-state index in [1.807, 2.05) is 0 Å². The van der Waals surface area contributed by atoms with Crippen LogP contribution in [0.1, 0.15) is 40.0 Å². The van der Waals surface area contributed by atoms with E-state index in [9.17, 15) is 0 Å². The Morgan fingerprint density at radius 1 is 1.06 bits per heavy atom. The molecule has 1 aliphatic heterocycles. The average molecular weight is 241 g/mol. The van der Waals surface area contributed by atoms with E-state index in [-0.39, 0.29) is 0 Å². The van der Waals surface area contributed by atoms with Crippen LogP contribution in [-0.4, -0.2) is 50.2 Å². The maximum absolute atomic E-state index is 3.57. The zero-order chi connectivity index (χ0) is 12.5. The Morgan fingerprint density at radius 2 is 1.76 bits per heavy atom. The lowest BCUT2D eigenvalue weighted by atomic mass is 10.1. The van der Waals surface area contributed by atoms with Crippen molar-refractivity contribution < 1.29 is 0 Å². The first kappa shape index (κ1) is 14.9. The normalized spacial score (nSPS) is 19.8. The molecule has 17 heavy (non-hydrogen) atoms. The van der Waals surface area contributed by atoms with Crippen molar-refractivity contribution in [3.63, 3.8) is 0 Å². The fraction of sp³-hybridized carbons (Fsp3) is 1.00. The minimum Gasteiger partial charge on any atom is -0.317 e. The van der Waals surface area contributed by atoms with Crippen LogP contribution in [-0.2, 0) is 0 Å². The maximum atomic E-state index is 3.57. The number of rotatable bonds is 8. The predicted octanol–water partition coefficient (Wildman–Crippen LogP) is 1.70. The number of hydrogen-bond donors (Lipinski definition) is 2. The minimum atomic E-state index is 0.731. The van der Waals surface area contributed by atoms with E-state index in [1.165, 1.54) is 45.4 Å². The minimum absolute atomic E-state index is 0.731. The largest absolute Gasteiger partial charge is 0.317 e. The average Bonchev–Trinajstić information content (AvgIpc) is 2.34. The second kappa shape index (κ2) is 8.90. The lowest BCUT2D eigenvalue weighted by Crippen LogP contribution is -2.48. The van der Waals surface area contributed by atoms with Crippen LogP contribution in [0.15, 0.2) is 0 Å². The molecule has 1 unspecified atom stereocenters. The van der Waals surface area contributed by atoms with Crippen molar-refractivity contribution in [3.8, 4) is 0 Å². The lowest BCUT2D eigenvalue weighted by molar-refractivity contribution is 0.176. The molecule has 1 heterocycles. The van der Waals surface area contributed by atoms with E-state index in [1.54, 1.807) is 0 Å². The standard InChI is InChI=1S/C14H31N3/c1-13(2)5-4-7-15-8-6-14(3)17-11-9-16-10-12-17/h13-16H,4-12H2,1-3H3. The summed E-state index contributed by atoms with van der Waals surface area (Å²) < 4.78 is 0. The highest BCUT2D eigenvalue weighted by Crippen LogP contribution is 2.05. The van der Waals surface area contributed by atoms with Crippen LogP contribution < -0.4 is 10.6 Å². The van der Waals surface area contributed by atoms with Gasteiger partial charge in [0.1, 0.15) is 0 Å². The van der Waals surface area contributed by atoms with E-state index in [4.69, 9.17) is 0 Å². The van der Waals surface area contributed by atoms with Crippen molar-refractivity contribution in [2.75, 3.05) is 39.3 Å². The summed E-state index contributed by atoms with van der Waals surface area (Å²) in [5, 5.41) is 6.98. The zero-order valence-electron chi connectivity index (χ0n) is 12.0. The maximum Gasteiger partial charge on any atom is 0.0110 e. The van der Waals surface area contributed by atoms with Gasteiger partial charge < -0.3 is 10.6 Å². The van der Waals surface area contributed by atoms with Crippen molar-refractivity contribution >= 4 is 0 Å². The molecule has 0 bridgehead atoms. The Morgan fingerprint density at radius 3 is 2.41 bits per heavy atom. The molecule has 1 rings (SSSR count). The van der Waals surface area contributed by atoms with E-state index < -0.39 is 0 Å². The smallest absolute Gasteiger partial charge is 0.0110 e. The first-order valence-electron chi connectivity index (χ1n) is 7.35. The third-order valence-electron chi connectivity index (χ3n) is 3.65. The summed E-state index contributed by atoms with van der Waals surface area (Å²) >= 11 is 0. The highest BCUT2D eigenvalue weighted by Gasteiger charge is 2.15. The summed E-state index contributed by atoms with van der Waals surface area (Å²) in [4.78, 5) is 2.60. The Bertz CT molecular complexity index is 176. The van der Waals surface area contributed by atoms with Crippen LogP contribution in [0.4, 0.5) is 0 Å². The summed E-state index contributed by atoms with van der Waals surface area (Å²) in [7, 11) is 0. The molecule has 0 aliphatic carbocycles. The molecule has 1 saturated heterocycles. The number of nitrogens with one attached hydrogen (secondary N) is 2. The Kier molecular flexibility index (Phi) is 7.82. The molecule has 0 saturated carbocycles. The van der Waals surface area contributed by atoms with E-state index >= 15 is 0 Å². The Balaban J connectivity index is 1.94. The Hall–Kier alpha value is -0.120. The van der Waals surface area contributed by atoms with Crippen molar-refractivity contribution in [1.82, 2.24) is 15.5 Å². The van der Waals surface area contributed by atoms with Crippen LogP contribution in [0.3, 0.4) is 0 Å². The number of hydrogen-bond acceptors (Lipinski definition) is 3. The summed E-state index contributed by atoms with van der Waals surface area (Å²) in [6.45, 7) is 14.1. The van der Waals surface area contributed by atoms with Gasteiger partial charge in [-0.25, -0.2) is 0 Å². The van der Waals surface area contributed by atoms with Crippen molar-refractivity contribution in [1.29, 1.82) is 0 Å². The second-order valence-corrected chi connectivity index (χ2v) is 5.71. The fourth-order valence-corrected chi connectivity index (χ4v) is 2.38. The van der Waals surface area contributed by atoms with Crippen molar-refractivity contribution in [3.05, 3.63) is 0 Å². The lowest BCUT2D eigenvalue weighted by Gasteiger charge is -2.32. The van der Waals surface area contributed by atoms with Gasteiger partial charge in [-0.2, -0.15) is 0 Å². The molecule has 102 valence electrons. The monoisotopic (exact) mass is 241 g/mol. The van der Waals surface area contributed by atoms with Crippen LogP contribution in [0.5, 0.6) is 0 Å². The molecular weight excluding hydrogens is 210 g/mol. The SMILES string of the molecule is CC(C)CCCNCCC(C)N1CCNCC1. The van der Waals surface area contributed by atoms with Gasteiger partial charge >= 0.3 is 0 Å². The van der Waals surface area contributed by atoms with Crippen LogP contribution >= 0.6 is 0 Å². The quantitative estimate of drug-likeness (QED) is 0.633. The fourth-order valence-electron chi connectivity index (χ4n) is 2.38. The van der Waals surface area contributed by atoms with E-state index in [0.29, 0.717) is 0 Å². The molecule has 0 amide bonds. The number of piperazine rings is 1. The molecule has 0 aromatic heterocycles. The summed E-state index contributed by atoms with van der Waals surface area (Å²) in [6, 6.07) is 0.731. The first-order valence-corrected chi connectivity index (χ1v) is 7.35. The molecule has 0 aromatic rings. The molecule has 1 fully saturated rings. The van der Waals surface area contributed by atoms with E-state index in [0.717, 1.165) is 25.0 Å². The van der Waals surface area contributed by atoms with Crippen LogP contribution in [0.2, 0.25) is 0 Å². The van der Waals surface area contributed by atoms with Gasteiger partial charge in [0.15, 0.2) is 0 Å². The number of nitrogens with zero attached hydrogens (tertiary/aromatic N) is 1. The van der Waals surface area contributed by atoms with Crippen molar-refractivity contribution in [2.24, 2.45) is 5.92 Å². The molecule has 1 atom stereocenters. The Labute approximate surface area is 107 Å². The van der Waals surface area contributed by atoms with Gasteiger partial charge in [0, 0.05) is 32.2 Å². The van der Waals surface area contributed by atoms with E-state index in [2.05, 4.69) is 36.3 Å². The third-order valence-corrected chi connectivity index (χ3v) is 3.65. The van der Waals surface area contributed by atoms with Gasteiger partial charge in [0.2, 0.25) is 0 Å². The van der Waals surface area contributed by atoms with Crippen LogP contribution in [0.25, 0.3) is 0 Å². The summed E-state index contributed by atoms with van der Waals surface area (Å²) in [5.41, 5.74) is 0. The second-order valence-electron chi connectivity index (χ2n) is 5.71.